The summed E-state index contributed by atoms with van der Waals surface area (Å²) < 4.78 is 8.46. The summed E-state index contributed by atoms with van der Waals surface area (Å²) in [6, 6.07) is 3.96. The van der Waals surface area contributed by atoms with Gasteiger partial charge in [-0.1, -0.05) is 0 Å². The number of amides is 2. The third-order valence-corrected chi connectivity index (χ3v) is 3.67. The molecule has 2 amide bonds. The number of aromatic nitrogens is 3. The summed E-state index contributed by atoms with van der Waals surface area (Å²) in [6.07, 6.45) is 1.51. The molecule has 2 N–H and O–H groups in total. The highest BCUT2D eigenvalue weighted by Crippen LogP contribution is 2.19. The van der Waals surface area contributed by atoms with Crippen LogP contribution in [0.1, 0.15) is 21.7 Å². The maximum Gasteiger partial charge on any atom is 0.257 e. The second kappa shape index (κ2) is 7.78. The Labute approximate surface area is 140 Å². The fourth-order valence-corrected chi connectivity index (χ4v) is 2.47. The van der Waals surface area contributed by atoms with E-state index in [2.05, 4.69) is 15.7 Å². The van der Waals surface area contributed by atoms with Gasteiger partial charge in [0.15, 0.2) is 0 Å². The lowest BCUT2D eigenvalue weighted by atomic mass is 10.3. The van der Waals surface area contributed by atoms with Crippen LogP contribution < -0.4 is 10.6 Å². The highest BCUT2D eigenvalue weighted by atomic mass is 16.5. The van der Waals surface area contributed by atoms with E-state index >= 15 is 0 Å². The SMILES string of the molecule is COCCNC(=O)CNC(=O)c1cnn(C)c1-n1c(C)ccc1C. The van der Waals surface area contributed by atoms with Crippen molar-refractivity contribution in [1.29, 1.82) is 0 Å². The molecule has 130 valence electrons. The van der Waals surface area contributed by atoms with Gasteiger partial charge in [-0.25, -0.2) is 0 Å². The predicted octanol–water partition coefficient (Wildman–Crippen LogP) is 0.320. The van der Waals surface area contributed by atoms with Gasteiger partial charge in [0.1, 0.15) is 11.4 Å². The number of nitrogens with one attached hydrogen (secondary N) is 2. The maximum absolute atomic E-state index is 12.4. The van der Waals surface area contributed by atoms with Crippen molar-refractivity contribution in [3.05, 3.63) is 35.3 Å². The van der Waals surface area contributed by atoms with E-state index in [9.17, 15) is 9.59 Å². The topological polar surface area (TPSA) is 90.2 Å². The third kappa shape index (κ3) is 3.83. The number of carbonyl (C=O) groups is 2. The Hall–Kier alpha value is -2.61. The van der Waals surface area contributed by atoms with E-state index in [1.165, 1.54) is 6.20 Å². The highest BCUT2D eigenvalue weighted by molar-refractivity contribution is 5.99. The minimum atomic E-state index is -0.340. The second-order valence-electron chi connectivity index (χ2n) is 5.48. The van der Waals surface area contributed by atoms with Crippen molar-refractivity contribution in [3.8, 4) is 5.82 Å². The minimum Gasteiger partial charge on any atom is -0.383 e. The molecule has 0 atom stereocenters. The highest BCUT2D eigenvalue weighted by Gasteiger charge is 2.20. The molecule has 0 aliphatic rings. The number of hydrogen-bond donors (Lipinski definition) is 2. The molecular weight excluding hydrogens is 310 g/mol. The Balaban J connectivity index is 2.10. The predicted molar refractivity (Wildman–Crippen MR) is 89.2 cm³/mol. The molecular formula is C16H23N5O3. The van der Waals surface area contributed by atoms with Crippen molar-refractivity contribution < 1.29 is 14.3 Å². The molecule has 2 rings (SSSR count). The molecule has 8 nitrogen and oxygen atoms in total. The lowest BCUT2D eigenvalue weighted by Crippen LogP contribution is -2.38. The molecule has 2 aromatic heterocycles. The lowest BCUT2D eigenvalue weighted by molar-refractivity contribution is -0.120. The molecule has 0 spiro atoms. The van der Waals surface area contributed by atoms with E-state index in [1.807, 2.05) is 30.5 Å². The fraction of sp³-hybridized carbons (Fsp3) is 0.438. The molecule has 2 aromatic rings. The van der Waals surface area contributed by atoms with Gasteiger partial charge in [-0.05, 0) is 26.0 Å². The van der Waals surface area contributed by atoms with Crippen LogP contribution in [0.2, 0.25) is 0 Å². The molecule has 0 bridgehead atoms. The van der Waals surface area contributed by atoms with Gasteiger partial charge in [0, 0.05) is 32.1 Å². The summed E-state index contributed by atoms with van der Waals surface area (Å²) in [5, 5.41) is 9.45. The molecule has 0 aliphatic carbocycles. The van der Waals surface area contributed by atoms with Crippen LogP contribution in [0.4, 0.5) is 0 Å². The Bertz CT molecular complexity index is 713. The molecule has 0 aliphatic heterocycles. The Kier molecular flexibility index (Phi) is 5.75. The van der Waals surface area contributed by atoms with Gasteiger partial charge in [-0.15, -0.1) is 0 Å². The Morgan fingerprint density at radius 3 is 2.50 bits per heavy atom. The zero-order valence-corrected chi connectivity index (χ0v) is 14.4. The van der Waals surface area contributed by atoms with Crippen LogP contribution in [0.3, 0.4) is 0 Å². The number of nitrogens with zero attached hydrogens (tertiary/aromatic N) is 3. The molecule has 0 radical (unpaired) electrons. The van der Waals surface area contributed by atoms with Crippen molar-refractivity contribution in [2.75, 3.05) is 26.8 Å². The van der Waals surface area contributed by atoms with Crippen LogP contribution in [-0.4, -0.2) is 53.0 Å². The maximum atomic E-state index is 12.4. The van der Waals surface area contributed by atoms with Crippen molar-refractivity contribution >= 4 is 11.8 Å². The molecule has 0 aromatic carbocycles. The number of methoxy groups -OCH3 is 1. The quantitative estimate of drug-likeness (QED) is 0.714. The summed E-state index contributed by atoms with van der Waals surface area (Å²) in [5.74, 6) is 0.0685. The molecule has 0 saturated carbocycles. The normalized spacial score (nSPS) is 10.7. The first-order valence-corrected chi connectivity index (χ1v) is 7.67. The van der Waals surface area contributed by atoms with Crippen molar-refractivity contribution in [2.24, 2.45) is 7.05 Å². The number of aryl methyl sites for hydroxylation is 3. The van der Waals surface area contributed by atoms with Crippen molar-refractivity contribution in [3.63, 3.8) is 0 Å². The van der Waals surface area contributed by atoms with Crippen LogP contribution in [0, 0.1) is 13.8 Å². The van der Waals surface area contributed by atoms with Gasteiger partial charge in [-0.2, -0.15) is 5.10 Å². The zero-order valence-electron chi connectivity index (χ0n) is 14.4. The van der Waals surface area contributed by atoms with Gasteiger partial charge in [-0.3, -0.25) is 14.3 Å². The number of carbonyl (C=O) groups excluding carboxylic acids is 2. The van der Waals surface area contributed by atoms with E-state index in [0.29, 0.717) is 24.5 Å². The summed E-state index contributed by atoms with van der Waals surface area (Å²) >= 11 is 0. The number of hydrogen-bond acceptors (Lipinski definition) is 4. The van der Waals surface area contributed by atoms with Gasteiger partial charge >= 0.3 is 0 Å². The third-order valence-electron chi connectivity index (χ3n) is 3.67. The van der Waals surface area contributed by atoms with Crippen LogP contribution in [0.5, 0.6) is 0 Å². The largest absolute Gasteiger partial charge is 0.383 e. The molecule has 8 heteroatoms. The first-order chi connectivity index (χ1) is 11.5. The minimum absolute atomic E-state index is 0.0967. The van der Waals surface area contributed by atoms with Gasteiger partial charge in [0.2, 0.25) is 5.91 Å². The summed E-state index contributed by atoms with van der Waals surface area (Å²) in [6.45, 7) is 4.67. The van der Waals surface area contributed by atoms with E-state index in [-0.39, 0.29) is 18.4 Å². The molecule has 24 heavy (non-hydrogen) atoms. The first-order valence-electron chi connectivity index (χ1n) is 7.67. The molecule has 0 unspecified atom stereocenters. The fourth-order valence-electron chi connectivity index (χ4n) is 2.47. The summed E-state index contributed by atoms with van der Waals surface area (Å²) in [4.78, 5) is 24.1. The smallest absolute Gasteiger partial charge is 0.257 e. The molecule has 2 heterocycles. The van der Waals surface area contributed by atoms with E-state index in [4.69, 9.17) is 4.74 Å². The average molecular weight is 333 g/mol. The average Bonchev–Trinajstić information content (AvgIpc) is 3.07. The van der Waals surface area contributed by atoms with E-state index in [0.717, 1.165) is 11.4 Å². The van der Waals surface area contributed by atoms with Gasteiger partial charge < -0.3 is 19.9 Å². The van der Waals surface area contributed by atoms with E-state index < -0.39 is 0 Å². The van der Waals surface area contributed by atoms with Crippen LogP contribution in [-0.2, 0) is 16.6 Å². The monoisotopic (exact) mass is 333 g/mol. The summed E-state index contributed by atoms with van der Waals surface area (Å²) in [7, 11) is 3.34. The Morgan fingerprint density at radius 1 is 1.21 bits per heavy atom. The lowest BCUT2D eigenvalue weighted by Gasteiger charge is -2.12. The van der Waals surface area contributed by atoms with Crippen LogP contribution in [0.25, 0.3) is 5.82 Å². The van der Waals surface area contributed by atoms with Gasteiger partial charge in [0.25, 0.3) is 5.91 Å². The molecule has 0 fully saturated rings. The number of ether oxygens (including phenoxy) is 1. The van der Waals surface area contributed by atoms with Gasteiger partial charge in [0.05, 0.1) is 19.3 Å². The van der Waals surface area contributed by atoms with E-state index in [1.54, 1.807) is 18.8 Å². The standard InChI is InChI=1S/C16H23N5O3/c1-11-5-6-12(2)21(11)16-13(9-19-20(16)3)15(23)18-10-14(22)17-7-8-24-4/h5-6,9H,7-8,10H2,1-4H3,(H,17,22)(H,18,23). The molecule has 0 saturated heterocycles. The second-order valence-corrected chi connectivity index (χ2v) is 5.48. The zero-order chi connectivity index (χ0) is 17.7. The van der Waals surface area contributed by atoms with Crippen molar-refractivity contribution in [1.82, 2.24) is 25.0 Å². The van der Waals surface area contributed by atoms with Crippen LogP contribution in [0.15, 0.2) is 18.3 Å². The van der Waals surface area contributed by atoms with Crippen molar-refractivity contribution in [2.45, 2.75) is 13.8 Å². The van der Waals surface area contributed by atoms with Crippen LogP contribution >= 0.6 is 0 Å². The Morgan fingerprint density at radius 2 is 1.88 bits per heavy atom. The summed E-state index contributed by atoms with van der Waals surface area (Å²) in [5.41, 5.74) is 2.43. The first kappa shape index (κ1) is 17.7. The number of rotatable bonds is 7.